The number of fused-ring (bicyclic) bond motifs is 1. The maximum absolute atomic E-state index is 11.5. The van der Waals surface area contributed by atoms with E-state index in [0.717, 1.165) is 25.5 Å². The van der Waals surface area contributed by atoms with E-state index in [9.17, 15) is 9.59 Å². The van der Waals surface area contributed by atoms with Crippen LogP contribution in [0.15, 0.2) is 0 Å². The number of carbonyl (C=O) groups excluding carboxylic acids is 2. The van der Waals surface area contributed by atoms with Gasteiger partial charge in [0.1, 0.15) is 6.29 Å². The second-order valence-electron chi connectivity index (χ2n) is 4.17. The van der Waals surface area contributed by atoms with Crippen molar-refractivity contribution in [2.45, 2.75) is 44.7 Å². The Hall–Kier alpha value is -0.860. The van der Waals surface area contributed by atoms with Crippen LogP contribution >= 0.6 is 0 Å². The molecule has 0 radical (unpaired) electrons. The van der Waals surface area contributed by atoms with Gasteiger partial charge in [0.15, 0.2) is 0 Å². The van der Waals surface area contributed by atoms with Crippen molar-refractivity contribution in [1.29, 1.82) is 0 Å². The average molecular weight is 181 g/mol. The Balaban J connectivity index is 2.21. The standard InChI is InChI=1S/C10H15NO2/c1-7-2-3-8(6-12)11-9(7)4-5-10(11)13/h6-9H,2-5H2,1H3/t7-,8+,9+/m1/s1. The van der Waals surface area contributed by atoms with Gasteiger partial charge in [-0.3, -0.25) is 4.79 Å². The van der Waals surface area contributed by atoms with Gasteiger partial charge in [-0.1, -0.05) is 6.92 Å². The Bertz CT molecular complexity index is 239. The first-order valence-electron chi connectivity index (χ1n) is 5.00. The predicted octanol–water partition coefficient (Wildman–Crippen LogP) is 0.975. The molecule has 2 rings (SSSR count). The van der Waals surface area contributed by atoms with Gasteiger partial charge < -0.3 is 9.69 Å². The van der Waals surface area contributed by atoms with E-state index in [1.165, 1.54) is 0 Å². The van der Waals surface area contributed by atoms with E-state index in [-0.39, 0.29) is 11.9 Å². The van der Waals surface area contributed by atoms with Crippen molar-refractivity contribution in [2.75, 3.05) is 0 Å². The summed E-state index contributed by atoms with van der Waals surface area (Å²) in [5.74, 6) is 0.747. The second kappa shape index (κ2) is 3.13. The van der Waals surface area contributed by atoms with E-state index < -0.39 is 0 Å². The van der Waals surface area contributed by atoms with E-state index in [1.54, 1.807) is 0 Å². The lowest BCUT2D eigenvalue weighted by molar-refractivity contribution is -0.137. The molecule has 3 atom stereocenters. The molecule has 0 aromatic heterocycles. The van der Waals surface area contributed by atoms with Crippen molar-refractivity contribution < 1.29 is 9.59 Å². The fourth-order valence-electron chi connectivity index (χ4n) is 2.61. The molecule has 3 heteroatoms. The van der Waals surface area contributed by atoms with Gasteiger partial charge in [0.2, 0.25) is 5.91 Å². The third kappa shape index (κ3) is 1.26. The summed E-state index contributed by atoms with van der Waals surface area (Å²) < 4.78 is 0. The molecule has 0 aliphatic carbocycles. The number of hydrogen-bond acceptors (Lipinski definition) is 2. The van der Waals surface area contributed by atoms with Gasteiger partial charge in [-0.15, -0.1) is 0 Å². The number of aldehydes is 1. The van der Waals surface area contributed by atoms with Crippen LogP contribution in [0.5, 0.6) is 0 Å². The summed E-state index contributed by atoms with van der Waals surface area (Å²) in [5.41, 5.74) is 0. The van der Waals surface area contributed by atoms with Crippen molar-refractivity contribution in [3.05, 3.63) is 0 Å². The lowest BCUT2D eigenvalue weighted by atomic mass is 9.88. The number of amides is 1. The van der Waals surface area contributed by atoms with Crippen LogP contribution in [0, 0.1) is 5.92 Å². The van der Waals surface area contributed by atoms with Crippen LogP contribution < -0.4 is 0 Å². The Kier molecular flexibility index (Phi) is 2.10. The quantitative estimate of drug-likeness (QED) is 0.565. The minimum absolute atomic E-state index is 0.129. The molecule has 72 valence electrons. The van der Waals surface area contributed by atoms with Gasteiger partial charge >= 0.3 is 0 Å². The average Bonchev–Trinajstić information content (AvgIpc) is 2.51. The van der Waals surface area contributed by atoms with Gasteiger partial charge in [0, 0.05) is 12.5 Å². The second-order valence-corrected chi connectivity index (χ2v) is 4.17. The highest BCUT2D eigenvalue weighted by Crippen LogP contribution is 2.34. The fraction of sp³-hybridized carbons (Fsp3) is 0.800. The van der Waals surface area contributed by atoms with Crippen LogP contribution in [0.4, 0.5) is 0 Å². The minimum atomic E-state index is -0.129. The van der Waals surface area contributed by atoms with E-state index in [0.29, 0.717) is 18.4 Å². The normalized spacial score (nSPS) is 39.0. The third-order valence-electron chi connectivity index (χ3n) is 3.39. The lowest BCUT2D eigenvalue weighted by Crippen LogP contribution is -2.49. The van der Waals surface area contributed by atoms with Gasteiger partial charge in [-0.25, -0.2) is 0 Å². The van der Waals surface area contributed by atoms with E-state index in [2.05, 4.69) is 6.92 Å². The van der Waals surface area contributed by atoms with Crippen molar-refractivity contribution in [3.8, 4) is 0 Å². The summed E-state index contributed by atoms with van der Waals surface area (Å²) in [7, 11) is 0. The Morgan fingerprint density at radius 2 is 2.15 bits per heavy atom. The fourth-order valence-corrected chi connectivity index (χ4v) is 2.61. The number of hydrogen-bond donors (Lipinski definition) is 0. The monoisotopic (exact) mass is 181 g/mol. The lowest BCUT2D eigenvalue weighted by Gasteiger charge is -2.38. The Morgan fingerprint density at radius 3 is 2.85 bits per heavy atom. The number of piperidine rings is 1. The number of rotatable bonds is 1. The largest absolute Gasteiger partial charge is 0.330 e. The van der Waals surface area contributed by atoms with E-state index in [4.69, 9.17) is 0 Å². The molecule has 0 aromatic carbocycles. The predicted molar refractivity (Wildman–Crippen MR) is 48.1 cm³/mol. The maximum Gasteiger partial charge on any atom is 0.223 e. The summed E-state index contributed by atoms with van der Waals surface area (Å²) in [5, 5.41) is 0. The van der Waals surface area contributed by atoms with Gasteiger partial charge in [0.25, 0.3) is 0 Å². The summed E-state index contributed by atoms with van der Waals surface area (Å²) in [6, 6.07) is 0.215. The molecule has 2 saturated heterocycles. The highest BCUT2D eigenvalue weighted by molar-refractivity contribution is 5.82. The topological polar surface area (TPSA) is 37.4 Å². The molecular formula is C10H15NO2. The SMILES string of the molecule is C[C@@H]1CC[C@@H](C=O)N2C(=O)CC[C@@H]12. The van der Waals surface area contributed by atoms with Gasteiger partial charge in [-0.05, 0) is 25.2 Å². The summed E-state index contributed by atoms with van der Waals surface area (Å²) in [4.78, 5) is 24.1. The molecule has 0 unspecified atom stereocenters. The molecule has 2 heterocycles. The molecule has 2 aliphatic rings. The molecule has 1 amide bonds. The third-order valence-corrected chi connectivity index (χ3v) is 3.39. The first-order valence-corrected chi connectivity index (χ1v) is 5.00. The van der Waals surface area contributed by atoms with Crippen LogP contribution in [0.2, 0.25) is 0 Å². The number of nitrogens with zero attached hydrogens (tertiary/aromatic N) is 1. The van der Waals surface area contributed by atoms with E-state index >= 15 is 0 Å². The molecule has 0 aromatic rings. The van der Waals surface area contributed by atoms with E-state index in [1.807, 2.05) is 4.90 Å². The first-order chi connectivity index (χ1) is 6.24. The van der Waals surface area contributed by atoms with Crippen molar-refractivity contribution in [3.63, 3.8) is 0 Å². The molecule has 13 heavy (non-hydrogen) atoms. The molecule has 2 aliphatic heterocycles. The Labute approximate surface area is 78.1 Å². The number of carbonyl (C=O) groups is 2. The highest BCUT2D eigenvalue weighted by atomic mass is 16.2. The smallest absolute Gasteiger partial charge is 0.223 e. The zero-order chi connectivity index (χ0) is 9.42. The molecule has 0 spiro atoms. The van der Waals surface area contributed by atoms with Gasteiger partial charge in [-0.2, -0.15) is 0 Å². The van der Waals surface area contributed by atoms with Gasteiger partial charge in [0.05, 0.1) is 6.04 Å². The van der Waals surface area contributed by atoms with Crippen molar-refractivity contribution >= 4 is 12.2 Å². The van der Waals surface area contributed by atoms with Crippen LogP contribution in [-0.2, 0) is 9.59 Å². The molecule has 2 fully saturated rings. The van der Waals surface area contributed by atoms with Crippen molar-refractivity contribution in [2.24, 2.45) is 5.92 Å². The van der Waals surface area contributed by atoms with Crippen LogP contribution in [0.3, 0.4) is 0 Å². The highest BCUT2D eigenvalue weighted by Gasteiger charge is 2.41. The molecule has 0 N–H and O–H groups in total. The van der Waals surface area contributed by atoms with Crippen LogP contribution in [-0.4, -0.2) is 29.2 Å². The summed E-state index contributed by atoms with van der Waals surface area (Å²) in [6.07, 6.45) is 4.45. The van der Waals surface area contributed by atoms with Crippen LogP contribution in [0.25, 0.3) is 0 Å². The van der Waals surface area contributed by atoms with Crippen LogP contribution in [0.1, 0.15) is 32.6 Å². The summed E-state index contributed by atoms with van der Waals surface area (Å²) >= 11 is 0. The zero-order valence-electron chi connectivity index (χ0n) is 7.90. The molecular weight excluding hydrogens is 166 g/mol. The van der Waals surface area contributed by atoms with Crippen molar-refractivity contribution in [1.82, 2.24) is 4.90 Å². The first kappa shape index (κ1) is 8.73. The zero-order valence-corrected chi connectivity index (χ0v) is 7.90. The molecule has 0 saturated carbocycles. The molecule has 3 nitrogen and oxygen atoms in total. The minimum Gasteiger partial charge on any atom is -0.330 e. The summed E-state index contributed by atoms with van der Waals surface area (Å²) in [6.45, 7) is 2.18. The maximum atomic E-state index is 11.5. The Morgan fingerprint density at radius 1 is 1.38 bits per heavy atom. The molecule has 0 bridgehead atoms.